The zero-order chi connectivity index (χ0) is 23.9. The Labute approximate surface area is 201 Å². The lowest BCUT2D eigenvalue weighted by atomic mass is 9.83. The summed E-state index contributed by atoms with van der Waals surface area (Å²) in [5, 5.41) is 6.66. The van der Waals surface area contributed by atoms with Gasteiger partial charge < -0.3 is 9.72 Å². The predicted molar refractivity (Wildman–Crippen MR) is 127 cm³/mol. The van der Waals surface area contributed by atoms with Gasteiger partial charge in [-0.2, -0.15) is 0 Å². The number of hydrogen-bond acceptors (Lipinski definition) is 5. The average molecular weight is 509 g/mol. The molecular weight excluding hydrogens is 487 g/mol. The van der Waals surface area contributed by atoms with Gasteiger partial charge in [-0.3, -0.25) is 4.79 Å². The van der Waals surface area contributed by atoms with E-state index in [1.807, 2.05) is 0 Å². The number of fused-ring (bicyclic) bond motifs is 1. The summed E-state index contributed by atoms with van der Waals surface area (Å²) >= 11 is 12.4. The Bertz CT molecular complexity index is 1360. The minimum Gasteiger partial charge on any atom is -0.418 e. The number of nitrogens with two attached hydrogens (primary N) is 1. The van der Waals surface area contributed by atoms with Crippen LogP contribution in [0.15, 0.2) is 41.3 Å². The molecule has 1 heterocycles. The van der Waals surface area contributed by atoms with Crippen LogP contribution in [0.1, 0.15) is 44.1 Å². The normalized spacial score (nSPS) is 18.9. The number of halogens is 2. The molecule has 0 radical (unpaired) electrons. The zero-order valence-electron chi connectivity index (χ0n) is 17.7. The highest BCUT2D eigenvalue weighted by Crippen LogP contribution is 2.44. The molecule has 1 fully saturated rings. The molecule has 0 aliphatic heterocycles. The maximum absolute atomic E-state index is 12.8. The van der Waals surface area contributed by atoms with Crippen molar-refractivity contribution >= 4 is 55.9 Å². The van der Waals surface area contributed by atoms with Gasteiger partial charge in [-0.05, 0) is 55.4 Å². The number of benzene rings is 2. The van der Waals surface area contributed by atoms with Gasteiger partial charge in [0.05, 0.1) is 16.1 Å². The van der Waals surface area contributed by atoms with Gasteiger partial charge in [-0.25, -0.2) is 18.4 Å². The Balaban J connectivity index is 1.97. The van der Waals surface area contributed by atoms with Crippen LogP contribution in [-0.2, 0) is 19.6 Å². The first kappa shape index (κ1) is 23.8. The van der Waals surface area contributed by atoms with Gasteiger partial charge in [0.1, 0.15) is 0 Å². The largest absolute Gasteiger partial charge is 0.418 e. The molecule has 3 N–H and O–H groups in total. The number of Topliss-reactive ketones (excluding diaryl/α,β-unsaturated/α-hetero) is 1. The second kappa shape index (κ2) is 9.10. The van der Waals surface area contributed by atoms with Crippen LogP contribution in [0.2, 0.25) is 5.02 Å². The van der Waals surface area contributed by atoms with Gasteiger partial charge in [0.2, 0.25) is 15.8 Å². The van der Waals surface area contributed by atoms with Crippen LogP contribution in [-0.4, -0.2) is 30.5 Å². The lowest BCUT2D eigenvalue weighted by Crippen LogP contribution is -2.20. The number of ether oxygens (including phenoxy) is 1. The van der Waals surface area contributed by atoms with Gasteiger partial charge in [0.15, 0.2) is 5.75 Å². The maximum atomic E-state index is 12.8. The smallest absolute Gasteiger partial charge is 0.379 e. The number of esters is 1. The molecule has 0 atom stereocenters. The Morgan fingerprint density at radius 3 is 2.45 bits per heavy atom. The van der Waals surface area contributed by atoms with Gasteiger partial charge >= 0.3 is 5.97 Å². The Morgan fingerprint density at radius 1 is 1.12 bits per heavy atom. The second-order valence-corrected chi connectivity index (χ2v) is 10.7. The molecular formula is C23H22Cl2N2O5S. The number of aromatic amines is 1. The molecule has 0 amide bonds. The third-order valence-electron chi connectivity index (χ3n) is 5.89. The molecule has 1 saturated carbocycles. The number of ketones is 1. The molecule has 1 aliphatic carbocycles. The number of sulfonamides is 1. The number of carbonyl (C=O) groups excluding carboxylic acids is 2. The van der Waals surface area contributed by atoms with E-state index in [0.717, 1.165) is 32.6 Å². The van der Waals surface area contributed by atoms with Crippen LogP contribution in [0.25, 0.3) is 22.2 Å². The number of rotatable bonds is 5. The van der Waals surface area contributed by atoms with Crippen LogP contribution >= 0.6 is 23.2 Å². The first-order valence-corrected chi connectivity index (χ1v) is 12.8. The highest BCUT2D eigenvalue weighted by Gasteiger charge is 2.30. The average Bonchev–Trinajstić information content (AvgIpc) is 3.10. The molecule has 1 aromatic heterocycles. The molecule has 10 heteroatoms. The van der Waals surface area contributed by atoms with E-state index in [2.05, 4.69) is 4.98 Å². The van der Waals surface area contributed by atoms with Crippen molar-refractivity contribution in [2.45, 2.75) is 48.8 Å². The second-order valence-electron chi connectivity index (χ2n) is 8.18. The number of hydrogen-bond donors (Lipinski definition) is 2. The van der Waals surface area contributed by atoms with E-state index in [1.54, 1.807) is 36.4 Å². The number of nitrogens with one attached hydrogen (secondary N) is 1. The first-order chi connectivity index (χ1) is 15.6. The number of aromatic nitrogens is 1. The van der Waals surface area contributed by atoms with E-state index in [-0.39, 0.29) is 33.2 Å². The van der Waals surface area contributed by atoms with E-state index >= 15 is 0 Å². The SMILES string of the molecule is CC(=O)C(=O)Oc1c(-c2cccc(C3CCC(Cl)CC3)c2S(N)(=O)=O)[nH]c2cc(Cl)ccc12. The highest BCUT2D eigenvalue weighted by molar-refractivity contribution is 7.89. The molecule has 33 heavy (non-hydrogen) atoms. The lowest BCUT2D eigenvalue weighted by molar-refractivity contribution is -0.145. The van der Waals surface area contributed by atoms with Crippen molar-refractivity contribution in [3.05, 3.63) is 47.0 Å². The number of alkyl halides is 1. The van der Waals surface area contributed by atoms with Crippen LogP contribution in [0.3, 0.4) is 0 Å². The van der Waals surface area contributed by atoms with Crippen molar-refractivity contribution in [2.75, 3.05) is 0 Å². The lowest BCUT2D eigenvalue weighted by Gasteiger charge is -2.27. The minimum absolute atomic E-state index is 0.0321. The first-order valence-electron chi connectivity index (χ1n) is 10.4. The van der Waals surface area contributed by atoms with Crippen molar-refractivity contribution < 1.29 is 22.7 Å². The topological polar surface area (TPSA) is 119 Å². The summed E-state index contributed by atoms with van der Waals surface area (Å²) in [6.45, 7) is 1.09. The van der Waals surface area contributed by atoms with Crippen LogP contribution in [0.4, 0.5) is 0 Å². The van der Waals surface area contributed by atoms with E-state index in [9.17, 15) is 18.0 Å². The van der Waals surface area contributed by atoms with Gasteiger partial charge in [-0.15, -0.1) is 11.6 Å². The number of H-pyrrole nitrogens is 1. The quantitative estimate of drug-likeness (QED) is 0.288. The standard InChI is InChI=1S/C23H22Cl2N2O5S/c1-12(28)23(29)32-21-17-10-9-15(25)11-19(17)27-20(21)18-4-2-3-16(22(18)33(26,30)31)13-5-7-14(24)8-6-13/h2-4,9-11,13-14,27H,5-8H2,1H3,(H2,26,30,31). The fraction of sp³-hybridized carbons (Fsp3) is 0.304. The molecule has 0 spiro atoms. The van der Waals surface area contributed by atoms with Crippen LogP contribution in [0.5, 0.6) is 5.75 Å². The molecule has 2 aromatic carbocycles. The molecule has 1 aliphatic rings. The monoisotopic (exact) mass is 508 g/mol. The van der Waals surface area contributed by atoms with Gasteiger partial charge in [-0.1, -0.05) is 29.8 Å². The summed E-state index contributed by atoms with van der Waals surface area (Å²) < 4.78 is 31.0. The molecule has 7 nitrogen and oxygen atoms in total. The number of carbonyl (C=O) groups is 2. The van der Waals surface area contributed by atoms with E-state index < -0.39 is 21.8 Å². The third-order valence-corrected chi connectivity index (χ3v) is 7.59. The predicted octanol–water partition coefficient (Wildman–Crippen LogP) is 4.90. The molecule has 0 saturated heterocycles. The third kappa shape index (κ3) is 4.80. The fourth-order valence-corrected chi connectivity index (χ4v) is 5.82. The summed E-state index contributed by atoms with van der Waals surface area (Å²) in [7, 11) is -4.17. The Kier molecular flexibility index (Phi) is 6.55. The molecule has 4 rings (SSSR count). The summed E-state index contributed by atoms with van der Waals surface area (Å²) in [4.78, 5) is 26.8. The molecule has 3 aromatic rings. The van der Waals surface area contributed by atoms with E-state index in [1.165, 1.54) is 0 Å². The zero-order valence-corrected chi connectivity index (χ0v) is 20.1. The summed E-state index contributed by atoms with van der Waals surface area (Å²) in [5.41, 5.74) is 1.58. The summed E-state index contributed by atoms with van der Waals surface area (Å²) in [5.74, 6) is -1.85. The summed E-state index contributed by atoms with van der Waals surface area (Å²) in [6, 6.07) is 9.93. The maximum Gasteiger partial charge on any atom is 0.379 e. The Morgan fingerprint density at radius 2 is 1.82 bits per heavy atom. The molecule has 0 bridgehead atoms. The van der Waals surface area contributed by atoms with Crippen molar-refractivity contribution in [2.24, 2.45) is 5.14 Å². The number of primary sulfonamides is 1. The van der Waals surface area contributed by atoms with E-state index in [0.29, 0.717) is 21.5 Å². The van der Waals surface area contributed by atoms with Crippen molar-refractivity contribution in [3.8, 4) is 17.0 Å². The van der Waals surface area contributed by atoms with Gasteiger partial charge in [0, 0.05) is 28.3 Å². The highest BCUT2D eigenvalue weighted by atomic mass is 35.5. The van der Waals surface area contributed by atoms with Crippen molar-refractivity contribution in [1.29, 1.82) is 0 Å². The summed E-state index contributed by atoms with van der Waals surface area (Å²) in [6.07, 6.45) is 3.00. The van der Waals surface area contributed by atoms with Gasteiger partial charge in [0.25, 0.3) is 0 Å². The van der Waals surface area contributed by atoms with Crippen LogP contribution < -0.4 is 9.88 Å². The van der Waals surface area contributed by atoms with Crippen LogP contribution in [0, 0.1) is 0 Å². The molecule has 174 valence electrons. The Hall–Kier alpha value is -2.39. The van der Waals surface area contributed by atoms with E-state index in [4.69, 9.17) is 33.1 Å². The minimum atomic E-state index is -4.17. The van der Waals surface area contributed by atoms with Crippen molar-refractivity contribution in [3.63, 3.8) is 0 Å². The molecule has 0 unspecified atom stereocenters. The fourth-order valence-electron chi connectivity index (χ4n) is 4.36. The van der Waals surface area contributed by atoms with Crippen molar-refractivity contribution in [1.82, 2.24) is 4.98 Å².